The molecule has 0 radical (unpaired) electrons. The molecule has 0 amide bonds. The molecule has 0 saturated heterocycles. The fourth-order valence-corrected chi connectivity index (χ4v) is 2.53. The number of fused-ring (bicyclic) bond motifs is 1. The van der Waals surface area contributed by atoms with Gasteiger partial charge in [0.25, 0.3) is 0 Å². The van der Waals surface area contributed by atoms with Gasteiger partial charge in [-0.2, -0.15) is 5.10 Å². The molecule has 0 spiro atoms. The van der Waals surface area contributed by atoms with E-state index in [0.717, 1.165) is 33.7 Å². The van der Waals surface area contributed by atoms with Gasteiger partial charge in [-0.15, -0.1) is 0 Å². The zero-order chi connectivity index (χ0) is 15.6. The number of rotatable bonds is 4. The van der Waals surface area contributed by atoms with E-state index in [1.807, 2.05) is 24.4 Å². The van der Waals surface area contributed by atoms with E-state index < -0.39 is 0 Å². The lowest BCUT2D eigenvalue weighted by Gasteiger charge is -2.06. The van der Waals surface area contributed by atoms with Crippen LogP contribution in [0.15, 0.2) is 54.9 Å². The van der Waals surface area contributed by atoms with Crippen molar-refractivity contribution in [2.24, 2.45) is 0 Å². The Hall–Kier alpha value is -3.15. The largest absolute Gasteiger partial charge is 0.366 e. The molecule has 5 nitrogen and oxygen atoms in total. The molecule has 1 aromatic carbocycles. The highest BCUT2D eigenvalue weighted by molar-refractivity contribution is 5.77. The summed E-state index contributed by atoms with van der Waals surface area (Å²) in [4.78, 5) is 7.59. The van der Waals surface area contributed by atoms with Crippen molar-refractivity contribution in [1.82, 2.24) is 20.2 Å². The maximum Gasteiger partial charge on any atom is 0.139 e. The Morgan fingerprint density at radius 1 is 1.04 bits per heavy atom. The molecule has 4 aromatic rings. The van der Waals surface area contributed by atoms with Crippen molar-refractivity contribution in [2.75, 3.05) is 5.32 Å². The molecule has 0 atom stereocenters. The molecular weight excluding hydrogens is 293 g/mol. The number of anilines is 1. The Morgan fingerprint density at radius 2 is 1.91 bits per heavy atom. The van der Waals surface area contributed by atoms with Crippen LogP contribution in [0.4, 0.5) is 10.2 Å². The van der Waals surface area contributed by atoms with E-state index in [4.69, 9.17) is 0 Å². The quantitative estimate of drug-likeness (QED) is 0.538. The fraction of sp³-hybridized carbons (Fsp3) is 0.0588. The van der Waals surface area contributed by atoms with Gasteiger partial charge in [0.2, 0.25) is 0 Å². The van der Waals surface area contributed by atoms with Gasteiger partial charge in [0, 0.05) is 29.3 Å². The molecule has 0 fully saturated rings. The van der Waals surface area contributed by atoms with Crippen molar-refractivity contribution in [3.63, 3.8) is 0 Å². The molecule has 0 aliphatic heterocycles. The first kappa shape index (κ1) is 13.5. The smallest absolute Gasteiger partial charge is 0.139 e. The maximum atomic E-state index is 13.0. The summed E-state index contributed by atoms with van der Waals surface area (Å²) in [6.07, 6.45) is 3.63. The van der Waals surface area contributed by atoms with Crippen LogP contribution in [0.25, 0.3) is 22.3 Å². The minimum absolute atomic E-state index is 0.253. The molecule has 0 aliphatic rings. The molecule has 0 bridgehead atoms. The Kier molecular flexibility index (Phi) is 3.27. The van der Waals surface area contributed by atoms with Crippen molar-refractivity contribution < 1.29 is 4.39 Å². The highest BCUT2D eigenvalue weighted by Gasteiger charge is 2.08. The van der Waals surface area contributed by atoms with Crippen molar-refractivity contribution in [2.45, 2.75) is 6.54 Å². The van der Waals surface area contributed by atoms with Crippen LogP contribution in [0.2, 0.25) is 0 Å². The number of nitrogens with one attached hydrogen (secondary N) is 3. The number of hydrogen-bond donors (Lipinski definition) is 3. The highest BCUT2D eigenvalue weighted by atomic mass is 19.1. The van der Waals surface area contributed by atoms with Gasteiger partial charge in [-0.3, -0.25) is 5.10 Å². The third-order valence-electron chi connectivity index (χ3n) is 3.72. The molecular formula is C17H14FN5. The summed E-state index contributed by atoms with van der Waals surface area (Å²) in [5, 5.41) is 11.4. The Morgan fingerprint density at radius 3 is 2.78 bits per heavy atom. The van der Waals surface area contributed by atoms with Gasteiger partial charge in [-0.1, -0.05) is 0 Å². The monoisotopic (exact) mass is 307 g/mol. The Balaban J connectivity index is 1.55. The molecule has 0 aliphatic carbocycles. The first-order valence-electron chi connectivity index (χ1n) is 7.26. The average molecular weight is 307 g/mol. The summed E-state index contributed by atoms with van der Waals surface area (Å²) < 4.78 is 13.0. The van der Waals surface area contributed by atoms with Crippen LogP contribution in [-0.2, 0) is 6.54 Å². The Bertz CT molecular complexity index is 939. The molecule has 3 N–H and O–H groups in total. The van der Waals surface area contributed by atoms with Crippen molar-refractivity contribution >= 4 is 16.9 Å². The normalized spacial score (nSPS) is 11.0. The predicted octanol–water partition coefficient (Wildman–Crippen LogP) is 3.70. The van der Waals surface area contributed by atoms with E-state index in [2.05, 4.69) is 25.5 Å². The van der Waals surface area contributed by atoms with Gasteiger partial charge in [-0.25, -0.2) is 9.37 Å². The molecule has 3 heterocycles. The third kappa shape index (κ3) is 2.66. The van der Waals surface area contributed by atoms with Crippen LogP contribution < -0.4 is 5.32 Å². The molecule has 6 heteroatoms. The lowest BCUT2D eigenvalue weighted by atomic mass is 10.1. The van der Waals surface area contributed by atoms with Crippen molar-refractivity contribution in [1.29, 1.82) is 0 Å². The molecule has 3 aromatic heterocycles. The summed E-state index contributed by atoms with van der Waals surface area (Å²) in [6, 6.07) is 12.3. The van der Waals surface area contributed by atoms with Crippen LogP contribution in [-0.4, -0.2) is 20.2 Å². The van der Waals surface area contributed by atoms with E-state index in [9.17, 15) is 4.39 Å². The van der Waals surface area contributed by atoms with Crippen LogP contribution in [0.5, 0.6) is 0 Å². The minimum atomic E-state index is -0.253. The first-order valence-corrected chi connectivity index (χ1v) is 7.26. The molecule has 0 saturated carbocycles. The van der Waals surface area contributed by atoms with Gasteiger partial charge >= 0.3 is 0 Å². The number of nitrogens with zero attached hydrogens (tertiary/aromatic N) is 2. The third-order valence-corrected chi connectivity index (χ3v) is 3.72. The topological polar surface area (TPSA) is 69.4 Å². The van der Waals surface area contributed by atoms with Crippen LogP contribution >= 0.6 is 0 Å². The van der Waals surface area contributed by atoms with Crippen LogP contribution in [0, 0.1) is 5.82 Å². The van der Waals surface area contributed by atoms with Crippen molar-refractivity contribution in [3.8, 4) is 11.3 Å². The summed E-state index contributed by atoms with van der Waals surface area (Å²) in [6.45, 7) is 0.572. The van der Waals surface area contributed by atoms with Crippen LogP contribution in [0.1, 0.15) is 5.56 Å². The number of benzene rings is 1. The molecule has 23 heavy (non-hydrogen) atoms. The number of hydrogen-bond acceptors (Lipinski definition) is 3. The van der Waals surface area contributed by atoms with Gasteiger partial charge in [0.15, 0.2) is 0 Å². The van der Waals surface area contributed by atoms with E-state index in [0.29, 0.717) is 6.54 Å². The summed E-state index contributed by atoms with van der Waals surface area (Å²) in [5.74, 6) is 0.530. The maximum absolute atomic E-state index is 13.0. The van der Waals surface area contributed by atoms with Crippen molar-refractivity contribution in [3.05, 3.63) is 66.2 Å². The first-order chi connectivity index (χ1) is 11.3. The second-order valence-corrected chi connectivity index (χ2v) is 5.24. The Labute approximate surface area is 131 Å². The molecule has 114 valence electrons. The second-order valence-electron chi connectivity index (χ2n) is 5.24. The number of aromatic nitrogens is 4. The van der Waals surface area contributed by atoms with E-state index >= 15 is 0 Å². The summed E-state index contributed by atoms with van der Waals surface area (Å²) in [5.41, 5.74) is 3.61. The zero-order valence-electron chi connectivity index (χ0n) is 12.2. The SMILES string of the molecule is Fc1ccc(-c2[nH]ncc2CNc2ccc3cc[nH]c3n2)cc1. The number of aromatic amines is 2. The summed E-state index contributed by atoms with van der Waals surface area (Å²) >= 11 is 0. The number of pyridine rings is 1. The van der Waals surface area contributed by atoms with E-state index in [1.165, 1.54) is 12.1 Å². The summed E-state index contributed by atoms with van der Waals surface area (Å²) in [7, 11) is 0. The lowest BCUT2D eigenvalue weighted by molar-refractivity contribution is 0.628. The zero-order valence-corrected chi connectivity index (χ0v) is 12.2. The molecule has 4 rings (SSSR count). The van der Waals surface area contributed by atoms with Gasteiger partial charge in [0.1, 0.15) is 17.3 Å². The average Bonchev–Trinajstić information content (AvgIpc) is 3.22. The second kappa shape index (κ2) is 5.57. The highest BCUT2D eigenvalue weighted by Crippen LogP contribution is 2.22. The van der Waals surface area contributed by atoms with Gasteiger partial charge in [-0.05, 0) is 42.5 Å². The number of H-pyrrole nitrogens is 2. The van der Waals surface area contributed by atoms with Crippen LogP contribution in [0.3, 0.4) is 0 Å². The van der Waals surface area contributed by atoms with E-state index in [1.54, 1.807) is 18.3 Å². The lowest BCUT2D eigenvalue weighted by Crippen LogP contribution is -2.01. The number of halogens is 1. The van der Waals surface area contributed by atoms with Gasteiger partial charge < -0.3 is 10.3 Å². The predicted molar refractivity (Wildman–Crippen MR) is 87.4 cm³/mol. The molecule has 0 unspecified atom stereocenters. The standard InChI is InChI=1S/C17H14FN5/c18-14-4-1-11(2-5-14)16-13(10-21-23-16)9-20-15-6-3-12-7-8-19-17(12)22-15/h1-8,10H,9H2,(H,21,23)(H2,19,20,22). The van der Waals surface area contributed by atoms with E-state index in [-0.39, 0.29) is 5.82 Å². The minimum Gasteiger partial charge on any atom is -0.366 e. The van der Waals surface area contributed by atoms with Gasteiger partial charge in [0.05, 0.1) is 11.9 Å². The fourth-order valence-electron chi connectivity index (χ4n) is 2.53.